The largest absolute Gasteiger partial charge is 0.496 e. The minimum Gasteiger partial charge on any atom is -0.496 e. The van der Waals surface area contributed by atoms with E-state index in [1.807, 2.05) is 13.0 Å². The van der Waals surface area contributed by atoms with Crippen LogP contribution >= 0.6 is 0 Å². The summed E-state index contributed by atoms with van der Waals surface area (Å²) in [7, 11) is 1.47. The van der Waals surface area contributed by atoms with E-state index in [9.17, 15) is 9.59 Å². The normalized spacial score (nSPS) is 9.79. The number of carboxylic acids is 1. The van der Waals surface area contributed by atoms with E-state index in [4.69, 9.17) is 9.84 Å². The summed E-state index contributed by atoms with van der Waals surface area (Å²) in [5.74, 6) is -1.03. The highest BCUT2D eigenvalue weighted by atomic mass is 16.5. The van der Waals surface area contributed by atoms with Crippen LogP contribution in [0.3, 0.4) is 0 Å². The fourth-order valence-corrected chi connectivity index (χ4v) is 1.70. The van der Waals surface area contributed by atoms with Gasteiger partial charge in [0.05, 0.1) is 12.7 Å². The Morgan fingerprint density at radius 3 is 2.68 bits per heavy atom. The summed E-state index contributed by atoms with van der Waals surface area (Å²) >= 11 is 0. The van der Waals surface area contributed by atoms with Crippen LogP contribution in [0.5, 0.6) is 5.75 Å². The van der Waals surface area contributed by atoms with E-state index in [2.05, 4.69) is 6.58 Å². The van der Waals surface area contributed by atoms with Crippen LogP contribution in [0, 0.1) is 6.92 Å². The van der Waals surface area contributed by atoms with Gasteiger partial charge in [-0.25, -0.2) is 0 Å². The van der Waals surface area contributed by atoms with Crippen molar-refractivity contribution < 1.29 is 19.4 Å². The molecule has 0 aliphatic carbocycles. The average molecular weight is 263 g/mol. The van der Waals surface area contributed by atoms with Crippen LogP contribution in [0.1, 0.15) is 15.9 Å². The number of rotatable bonds is 6. The predicted molar refractivity (Wildman–Crippen MR) is 71.5 cm³/mol. The number of hydrogen-bond acceptors (Lipinski definition) is 3. The zero-order chi connectivity index (χ0) is 14.4. The van der Waals surface area contributed by atoms with E-state index in [1.54, 1.807) is 12.1 Å². The molecule has 0 saturated heterocycles. The Morgan fingerprint density at radius 1 is 1.47 bits per heavy atom. The lowest BCUT2D eigenvalue weighted by Gasteiger charge is -2.20. The fraction of sp³-hybridized carbons (Fsp3) is 0.286. The molecule has 1 amide bonds. The molecule has 1 aromatic rings. The van der Waals surface area contributed by atoms with Crippen molar-refractivity contribution in [2.24, 2.45) is 0 Å². The average Bonchev–Trinajstić information content (AvgIpc) is 2.37. The van der Waals surface area contributed by atoms with Crippen molar-refractivity contribution in [2.75, 3.05) is 20.2 Å². The van der Waals surface area contributed by atoms with Gasteiger partial charge in [0.25, 0.3) is 5.91 Å². The zero-order valence-electron chi connectivity index (χ0n) is 11.0. The van der Waals surface area contributed by atoms with Gasteiger partial charge in [0.1, 0.15) is 12.3 Å². The molecule has 0 aliphatic rings. The van der Waals surface area contributed by atoms with E-state index in [1.165, 1.54) is 18.1 Å². The molecule has 0 unspecified atom stereocenters. The molecule has 5 nitrogen and oxygen atoms in total. The van der Waals surface area contributed by atoms with Gasteiger partial charge >= 0.3 is 5.97 Å². The van der Waals surface area contributed by atoms with Gasteiger partial charge in [-0.05, 0) is 19.1 Å². The van der Waals surface area contributed by atoms with Crippen LogP contribution in [-0.2, 0) is 4.79 Å². The number of benzene rings is 1. The Labute approximate surface area is 112 Å². The Morgan fingerprint density at radius 2 is 2.16 bits per heavy atom. The number of aliphatic carboxylic acids is 1. The van der Waals surface area contributed by atoms with Crippen LogP contribution in [0.4, 0.5) is 0 Å². The summed E-state index contributed by atoms with van der Waals surface area (Å²) < 4.78 is 5.13. The lowest BCUT2D eigenvalue weighted by atomic mass is 10.1. The number of methoxy groups -OCH3 is 1. The van der Waals surface area contributed by atoms with Crippen molar-refractivity contribution in [3.63, 3.8) is 0 Å². The summed E-state index contributed by atoms with van der Waals surface area (Å²) in [4.78, 5) is 24.3. The first kappa shape index (κ1) is 14.8. The zero-order valence-corrected chi connectivity index (χ0v) is 11.0. The number of amides is 1. The minimum atomic E-state index is -1.07. The number of ether oxygens (including phenoxy) is 1. The predicted octanol–water partition coefficient (Wildman–Crippen LogP) is 1.72. The van der Waals surface area contributed by atoms with E-state index < -0.39 is 5.97 Å². The summed E-state index contributed by atoms with van der Waals surface area (Å²) in [5.41, 5.74) is 1.25. The van der Waals surface area contributed by atoms with Crippen molar-refractivity contribution in [1.29, 1.82) is 0 Å². The van der Waals surface area contributed by atoms with Gasteiger partial charge < -0.3 is 14.7 Å². The standard InChI is InChI=1S/C14H17NO4/c1-4-7-15(9-13(16)17)14(18)11-8-10(2)5-6-12(11)19-3/h4-6,8H,1,7,9H2,2-3H3,(H,16,17). The van der Waals surface area contributed by atoms with E-state index in [0.717, 1.165) is 5.56 Å². The van der Waals surface area contributed by atoms with Crippen molar-refractivity contribution in [3.8, 4) is 5.75 Å². The van der Waals surface area contributed by atoms with Gasteiger partial charge in [0.2, 0.25) is 0 Å². The van der Waals surface area contributed by atoms with Crippen LogP contribution in [0.15, 0.2) is 30.9 Å². The van der Waals surface area contributed by atoms with Crippen molar-refractivity contribution in [1.82, 2.24) is 4.90 Å². The maximum absolute atomic E-state index is 12.3. The van der Waals surface area contributed by atoms with Gasteiger partial charge in [-0.2, -0.15) is 0 Å². The third-order valence-corrected chi connectivity index (χ3v) is 2.55. The molecule has 0 bridgehead atoms. The van der Waals surface area contributed by atoms with Gasteiger partial charge in [0, 0.05) is 6.54 Å². The molecule has 5 heteroatoms. The summed E-state index contributed by atoms with van der Waals surface area (Å²) in [6, 6.07) is 5.19. The fourth-order valence-electron chi connectivity index (χ4n) is 1.70. The van der Waals surface area contributed by atoms with Crippen molar-refractivity contribution in [2.45, 2.75) is 6.92 Å². The van der Waals surface area contributed by atoms with Crippen molar-refractivity contribution >= 4 is 11.9 Å². The van der Waals surface area contributed by atoms with E-state index in [0.29, 0.717) is 11.3 Å². The number of carboxylic acid groups (broad SMARTS) is 1. The van der Waals surface area contributed by atoms with E-state index in [-0.39, 0.29) is 19.0 Å². The number of carbonyl (C=O) groups is 2. The molecular weight excluding hydrogens is 246 g/mol. The molecule has 19 heavy (non-hydrogen) atoms. The van der Waals surface area contributed by atoms with Crippen molar-refractivity contribution in [3.05, 3.63) is 42.0 Å². The molecule has 1 N–H and O–H groups in total. The molecule has 0 fully saturated rings. The lowest BCUT2D eigenvalue weighted by molar-refractivity contribution is -0.137. The first-order chi connectivity index (χ1) is 8.99. The number of hydrogen-bond donors (Lipinski definition) is 1. The summed E-state index contributed by atoms with van der Waals surface area (Å²) in [6.45, 7) is 5.17. The van der Waals surface area contributed by atoms with Crippen LogP contribution in [0.25, 0.3) is 0 Å². The highest BCUT2D eigenvalue weighted by Crippen LogP contribution is 2.21. The quantitative estimate of drug-likeness (QED) is 0.793. The van der Waals surface area contributed by atoms with Crippen LogP contribution in [-0.4, -0.2) is 42.1 Å². The number of carbonyl (C=O) groups excluding carboxylic acids is 1. The van der Waals surface area contributed by atoms with Crippen LogP contribution < -0.4 is 4.74 Å². The molecule has 0 atom stereocenters. The Bertz CT molecular complexity index is 496. The molecule has 0 aliphatic heterocycles. The number of nitrogens with zero attached hydrogens (tertiary/aromatic N) is 1. The van der Waals surface area contributed by atoms with E-state index >= 15 is 0 Å². The first-order valence-electron chi connectivity index (χ1n) is 5.76. The highest BCUT2D eigenvalue weighted by Gasteiger charge is 2.20. The molecule has 1 rings (SSSR count). The van der Waals surface area contributed by atoms with Crippen LogP contribution in [0.2, 0.25) is 0 Å². The second-order valence-electron chi connectivity index (χ2n) is 4.07. The molecule has 0 heterocycles. The lowest BCUT2D eigenvalue weighted by Crippen LogP contribution is -2.36. The molecule has 102 valence electrons. The van der Waals surface area contributed by atoms with Gasteiger partial charge in [-0.15, -0.1) is 6.58 Å². The SMILES string of the molecule is C=CCN(CC(=O)O)C(=O)c1cc(C)ccc1OC. The molecular formula is C14H17NO4. The minimum absolute atomic E-state index is 0.169. The van der Waals surface area contributed by atoms with Gasteiger partial charge in [0.15, 0.2) is 0 Å². The third kappa shape index (κ3) is 3.84. The number of aryl methyl sites for hydroxylation is 1. The maximum atomic E-state index is 12.3. The molecule has 0 saturated carbocycles. The first-order valence-corrected chi connectivity index (χ1v) is 5.76. The monoisotopic (exact) mass is 263 g/mol. The smallest absolute Gasteiger partial charge is 0.323 e. The molecule has 0 aromatic heterocycles. The Balaban J connectivity index is 3.10. The second kappa shape index (κ2) is 6.58. The summed E-state index contributed by atoms with van der Waals surface area (Å²) in [6.07, 6.45) is 1.49. The summed E-state index contributed by atoms with van der Waals surface area (Å²) in [5, 5.41) is 8.83. The highest BCUT2D eigenvalue weighted by molar-refractivity contribution is 5.98. The molecule has 0 radical (unpaired) electrons. The topological polar surface area (TPSA) is 66.8 Å². The van der Waals surface area contributed by atoms with Gasteiger partial charge in [-0.3, -0.25) is 9.59 Å². The molecule has 1 aromatic carbocycles. The van der Waals surface area contributed by atoms with Gasteiger partial charge in [-0.1, -0.05) is 17.7 Å². The Hall–Kier alpha value is -2.30. The third-order valence-electron chi connectivity index (χ3n) is 2.55. The Kier molecular flexibility index (Phi) is 5.11. The maximum Gasteiger partial charge on any atom is 0.323 e. The second-order valence-corrected chi connectivity index (χ2v) is 4.07. The molecule has 0 spiro atoms.